The van der Waals surface area contributed by atoms with Crippen LogP contribution < -0.4 is 0 Å². The Labute approximate surface area is 79.3 Å². The summed E-state index contributed by atoms with van der Waals surface area (Å²) in [6.07, 6.45) is 8.25. The Morgan fingerprint density at radius 3 is 2.31 bits per heavy atom. The van der Waals surface area contributed by atoms with Crippen molar-refractivity contribution in [2.75, 3.05) is 0 Å². The van der Waals surface area contributed by atoms with Gasteiger partial charge in [0.2, 0.25) is 0 Å². The van der Waals surface area contributed by atoms with Crippen molar-refractivity contribution in [3.05, 3.63) is 0 Å². The summed E-state index contributed by atoms with van der Waals surface area (Å²) in [5.74, 6) is 1.60. The summed E-state index contributed by atoms with van der Waals surface area (Å²) in [6, 6.07) is 0. The van der Waals surface area contributed by atoms with Crippen molar-refractivity contribution in [2.45, 2.75) is 44.9 Å². The lowest BCUT2D eigenvalue weighted by Crippen LogP contribution is -2.27. The summed E-state index contributed by atoms with van der Waals surface area (Å²) in [4.78, 5) is 10.6. The van der Waals surface area contributed by atoms with Crippen molar-refractivity contribution in [1.82, 2.24) is 0 Å². The lowest BCUT2D eigenvalue weighted by Gasteiger charge is -2.38. The minimum Gasteiger partial charge on any atom is -0.481 e. The van der Waals surface area contributed by atoms with Gasteiger partial charge in [-0.25, -0.2) is 0 Å². The van der Waals surface area contributed by atoms with Crippen LogP contribution in [0.1, 0.15) is 44.9 Å². The Hall–Kier alpha value is -0.530. The van der Waals surface area contributed by atoms with Gasteiger partial charge in [0.05, 0.1) is 0 Å². The molecule has 3 atom stereocenters. The molecule has 2 rings (SSSR count). The van der Waals surface area contributed by atoms with Gasteiger partial charge < -0.3 is 5.11 Å². The maximum Gasteiger partial charge on any atom is 0.303 e. The van der Waals surface area contributed by atoms with E-state index in [1.165, 1.54) is 38.5 Å². The van der Waals surface area contributed by atoms with Crippen LogP contribution in [0.15, 0.2) is 0 Å². The zero-order valence-electron chi connectivity index (χ0n) is 8.04. The lowest BCUT2D eigenvalue weighted by atomic mass is 9.67. The van der Waals surface area contributed by atoms with Gasteiger partial charge in [-0.15, -0.1) is 0 Å². The number of hydrogen-bond donors (Lipinski definition) is 1. The standard InChI is InChI=1S/C11H18O2/c12-11(13)7-10-5-8-2-1-3-9(4-8)6-10/h8-10H,1-7H2,(H,12,13)/t8-,9+,10?. The van der Waals surface area contributed by atoms with Crippen LogP contribution in [0.25, 0.3) is 0 Å². The summed E-state index contributed by atoms with van der Waals surface area (Å²) in [5, 5.41) is 8.73. The second-order valence-electron chi connectivity index (χ2n) is 4.83. The minimum atomic E-state index is -0.607. The van der Waals surface area contributed by atoms with Crippen molar-refractivity contribution in [1.29, 1.82) is 0 Å². The molecule has 2 bridgehead atoms. The highest BCUT2D eigenvalue weighted by Gasteiger charge is 2.32. The van der Waals surface area contributed by atoms with Gasteiger partial charge in [-0.1, -0.05) is 19.3 Å². The molecule has 1 N–H and O–H groups in total. The van der Waals surface area contributed by atoms with Gasteiger partial charge in [0, 0.05) is 6.42 Å². The summed E-state index contributed by atoms with van der Waals surface area (Å²) in [7, 11) is 0. The van der Waals surface area contributed by atoms with Gasteiger partial charge in [-0.2, -0.15) is 0 Å². The predicted molar refractivity (Wildman–Crippen MR) is 50.4 cm³/mol. The third-order valence-corrected chi connectivity index (χ3v) is 3.69. The van der Waals surface area contributed by atoms with E-state index in [1.54, 1.807) is 0 Å². The molecule has 0 radical (unpaired) electrons. The van der Waals surface area contributed by atoms with Crippen molar-refractivity contribution >= 4 is 5.97 Å². The molecule has 2 fully saturated rings. The summed E-state index contributed by atoms with van der Waals surface area (Å²) in [6.45, 7) is 0. The van der Waals surface area contributed by atoms with Gasteiger partial charge in [0.1, 0.15) is 0 Å². The quantitative estimate of drug-likeness (QED) is 0.713. The van der Waals surface area contributed by atoms with E-state index in [9.17, 15) is 4.79 Å². The number of carbonyl (C=O) groups is 1. The summed E-state index contributed by atoms with van der Waals surface area (Å²) in [5.41, 5.74) is 0. The molecule has 13 heavy (non-hydrogen) atoms. The molecular formula is C11H18O2. The molecule has 0 aromatic carbocycles. The molecule has 0 saturated heterocycles. The van der Waals surface area contributed by atoms with Gasteiger partial charge >= 0.3 is 5.97 Å². The van der Waals surface area contributed by atoms with Crippen LogP contribution in [-0.2, 0) is 4.79 Å². The molecule has 74 valence electrons. The maximum absolute atomic E-state index is 10.6. The predicted octanol–water partition coefficient (Wildman–Crippen LogP) is 2.68. The normalized spacial score (nSPS) is 38.6. The summed E-state index contributed by atoms with van der Waals surface area (Å²) >= 11 is 0. The molecular weight excluding hydrogens is 164 g/mol. The molecule has 0 amide bonds. The smallest absolute Gasteiger partial charge is 0.303 e. The van der Waals surface area contributed by atoms with Crippen LogP contribution in [0.5, 0.6) is 0 Å². The Morgan fingerprint density at radius 2 is 1.77 bits per heavy atom. The molecule has 0 heterocycles. The Morgan fingerprint density at radius 1 is 1.15 bits per heavy atom. The van der Waals surface area contributed by atoms with E-state index in [-0.39, 0.29) is 0 Å². The number of aliphatic carboxylic acids is 1. The molecule has 0 aromatic heterocycles. The molecule has 0 spiro atoms. The summed E-state index contributed by atoms with van der Waals surface area (Å²) < 4.78 is 0. The molecule has 0 aliphatic heterocycles. The number of carboxylic acid groups (broad SMARTS) is 1. The Balaban J connectivity index is 1.90. The molecule has 2 aliphatic rings. The second-order valence-corrected chi connectivity index (χ2v) is 4.83. The Kier molecular flexibility index (Phi) is 2.56. The fourth-order valence-corrected chi connectivity index (χ4v) is 3.28. The van der Waals surface area contributed by atoms with E-state index in [4.69, 9.17) is 5.11 Å². The topological polar surface area (TPSA) is 37.3 Å². The highest BCUT2D eigenvalue weighted by atomic mass is 16.4. The van der Waals surface area contributed by atoms with Crippen LogP contribution in [0.2, 0.25) is 0 Å². The van der Waals surface area contributed by atoms with E-state index in [2.05, 4.69) is 0 Å². The Bertz CT molecular complexity index is 188. The van der Waals surface area contributed by atoms with Crippen molar-refractivity contribution in [3.63, 3.8) is 0 Å². The average molecular weight is 182 g/mol. The highest BCUT2D eigenvalue weighted by Crippen LogP contribution is 2.43. The fraction of sp³-hybridized carbons (Fsp3) is 0.909. The van der Waals surface area contributed by atoms with Gasteiger partial charge in [-0.3, -0.25) is 4.79 Å². The van der Waals surface area contributed by atoms with Crippen molar-refractivity contribution in [3.8, 4) is 0 Å². The van der Waals surface area contributed by atoms with Crippen molar-refractivity contribution < 1.29 is 9.90 Å². The molecule has 2 aliphatic carbocycles. The zero-order valence-corrected chi connectivity index (χ0v) is 8.04. The monoisotopic (exact) mass is 182 g/mol. The maximum atomic E-state index is 10.6. The average Bonchev–Trinajstić information content (AvgIpc) is 2.01. The molecule has 0 aromatic rings. The number of carboxylic acids is 1. The highest BCUT2D eigenvalue weighted by molar-refractivity contribution is 5.67. The van der Waals surface area contributed by atoms with E-state index in [1.807, 2.05) is 0 Å². The first kappa shape index (κ1) is 9.04. The second kappa shape index (κ2) is 3.69. The van der Waals surface area contributed by atoms with Crippen LogP contribution >= 0.6 is 0 Å². The zero-order chi connectivity index (χ0) is 9.26. The molecule has 2 nitrogen and oxygen atoms in total. The number of fused-ring (bicyclic) bond motifs is 2. The van der Waals surface area contributed by atoms with Crippen molar-refractivity contribution in [2.24, 2.45) is 17.8 Å². The van der Waals surface area contributed by atoms with Crippen LogP contribution in [0.4, 0.5) is 0 Å². The molecule has 2 heteroatoms. The molecule has 1 unspecified atom stereocenters. The SMILES string of the molecule is O=C(O)CC1C[C@H]2CCC[C@@H](C1)C2. The van der Waals surface area contributed by atoms with E-state index in [0.29, 0.717) is 12.3 Å². The largest absolute Gasteiger partial charge is 0.481 e. The third kappa shape index (κ3) is 2.23. The molecule has 2 saturated carbocycles. The van der Waals surface area contributed by atoms with Crippen LogP contribution in [0, 0.1) is 17.8 Å². The van der Waals surface area contributed by atoms with Gasteiger partial charge in [0.15, 0.2) is 0 Å². The van der Waals surface area contributed by atoms with E-state index in [0.717, 1.165) is 11.8 Å². The van der Waals surface area contributed by atoms with Gasteiger partial charge in [0.25, 0.3) is 0 Å². The lowest BCUT2D eigenvalue weighted by molar-refractivity contribution is -0.138. The third-order valence-electron chi connectivity index (χ3n) is 3.69. The fourth-order valence-electron chi connectivity index (χ4n) is 3.28. The first-order valence-electron chi connectivity index (χ1n) is 5.46. The first-order valence-corrected chi connectivity index (χ1v) is 5.46. The van der Waals surface area contributed by atoms with Crippen LogP contribution in [-0.4, -0.2) is 11.1 Å². The van der Waals surface area contributed by atoms with Gasteiger partial charge in [-0.05, 0) is 37.0 Å². The number of hydrogen-bond acceptors (Lipinski definition) is 1. The first-order chi connectivity index (χ1) is 6.24. The van der Waals surface area contributed by atoms with E-state index >= 15 is 0 Å². The number of rotatable bonds is 2. The van der Waals surface area contributed by atoms with E-state index < -0.39 is 5.97 Å². The van der Waals surface area contributed by atoms with Crippen LogP contribution in [0.3, 0.4) is 0 Å². The minimum absolute atomic E-state index is 0.410.